The van der Waals surface area contributed by atoms with E-state index in [1.54, 1.807) is 6.07 Å². The monoisotopic (exact) mass is 274 g/mol. The Morgan fingerprint density at radius 3 is 2.68 bits per heavy atom. The Morgan fingerprint density at radius 2 is 1.89 bits per heavy atom. The highest BCUT2D eigenvalue weighted by atomic mass is 35.5. The van der Waals surface area contributed by atoms with Crippen molar-refractivity contribution in [3.05, 3.63) is 69.5 Å². The van der Waals surface area contributed by atoms with Crippen LogP contribution in [-0.2, 0) is 12.8 Å². The van der Waals surface area contributed by atoms with E-state index in [4.69, 9.17) is 11.6 Å². The summed E-state index contributed by atoms with van der Waals surface area (Å²) in [5.74, 6) is -0.921. The van der Waals surface area contributed by atoms with Crippen molar-refractivity contribution in [3.63, 3.8) is 0 Å². The van der Waals surface area contributed by atoms with E-state index in [1.165, 1.54) is 29.3 Å². The molecule has 0 aliphatic heterocycles. The summed E-state index contributed by atoms with van der Waals surface area (Å²) in [5.41, 5.74) is 2.95. The molecular weight excluding hydrogens is 263 g/mol. The molecule has 3 rings (SSSR count). The van der Waals surface area contributed by atoms with E-state index < -0.39 is 5.82 Å². The van der Waals surface area contributed by atoms with Crippen LogP contribution in [0.2, 0.25) is 5.02 Å². The van der Waals surface area contributed by atoms with Crippen molar-refractivity contribution in [2.45, 2.75) is 19.3 Å². The standard InChI is InChI=1S/C16H12ClFO/c17-13-5-2-6-14(18)15(13)16(19)12-8-7-10-3-1-4-11(10)9-12/h2,5-9H,1,3-4H2. The maximum absolute atomic E-state index is 13.8. The molecule has 0 amide bonds. The predicted octanol–water partition coefficient (Wildman–Crippen LogP) is 4.20. The van der Waals surface area contributed by atoms with E-state index in [9.17, 15) is 9.18 Å². The Hall–Kier alpha value is -1.67. The number of halogens is 2. The van der Waals surface area contributed by atoms with Crippen LogP contribution in [0.1, 0.15) is 33.5 Å². The molecule has 1 aliphatic rings. The number of rotatable bonds is 2. The number of aryl methyl sites for hydroxylation is 2. The maximum atomic E-state index is 13.8. The molecule has 0 spiro atoms. The van der Waals surface area contributed by atoms with Crippen molar-refractivity contribution >= 4 is 17.4 Å². The van der Waals surface area contributed by atoms with Gasteiger partial charge in [0.15, 0.2) is 5.78 Å². The fourth-order valence-corrected chi connectivity index (χ4v) is 2.82. The van der Waals surface area contributed by atoms with Gasteiger partial charge in [0, 0.05) is 5.56 Å². The van der Waals surface area contributed by atoms with Gasteiger partial charge in [-0.3, -0.25) is 4.79 Å². The van der Waals surface area contributed by atoms with Gasteiger partial charge in [0.2, 0.25) is 0 Å². The number of benzene rings is 2. The van der Waals surface area contributed by atoms with Crippen LogP contribution in [0.25, 0.3) is 0 Å². The molecule has 1 aliphatic carbocycles. The molecule has 0 fully saturated rings. The van der Waals surface area contributed by atoms with Crippen molar-refractivity contribution in [1.29, 1.82) is 0 Å². The minimum Gasteiger partial charge on any atom is -0.288 e. The van der Waals surface area contributed by atoms with Crippen LogP contribution in [0.5, 0.6) is 0 Å². The summed E-state index contributed by atoms with van der Waals surface area (Å²) in [7, 11) is 0. The fourth-order valence-electron chi connectivity index (χ4n) is 2.57. The minimum absolute atomic E-state index is 0.0397. The quantitative estimate of drug-likeness (QED) is 0.750. The zero-order valence-electron chi connectivity index (χ0n) is 10.2. The number of carbonyl (C=O) groups is 1. The molecule has 19 heavy (non-hydrogen) atoms. The van der Waals surface area contributed by atoms with Crippen LogP contribution < -0.4 is 0 Å². The lowest BCUT2D eigenvalue weighted by Gasteiger charge is -2.07. The molecule has 2 aromatic carbocycles. The van der Waals surface area contributed by atoms with E-state index >= 15 is 0 Å². The smallest absolute Gasteiger partial charge is 0.197 e. The third kappa shape index (κ3) is 2.17. The van der Waals surface area contributed by atoms with Gasteiger partial charge in [-0.05, 0) is 48.6 Å². The highest BCUT2D eigenvalue weighted by molar-refractivity contribution is 6.35. The number of hydrogen-bond acceptors (Lipinski definition) is 1. The van der Waals surface area contributed by atoms with Gasteiger partial charge in [0.25, 0.3) is 0 Å². The first kappa shape index (κ1) is 12.4. The van der Waals surface area contributed by atoms with Crippen LogP contribution in [0.4, 0.5) is 4.39 Å². The molecule has 0 bridgehead atoms. The Balaban J connectivity index is 2.05. The first-order valence-electron chi connectivity index (χ1n) is 6.27. The van der Waals surface area contributed by atoms with Gasteiger partial charge in [-0.25, -0.2) is 4.39 Å². The van der Waals surface area contributed by atoms with Crippen molar-refractivity contribution in [2.24, 2.45) is 0 Å². The largest absolute Gasteiger partial charge is 0.288 e. The van der Waals surface area contributed by atoms with Gasteiger partial charge in [0.05, 0.1) is 10.6 Å². The SMILES string of the molecule is O=C(c1ccc2c(c1)CCC2)c1c(F)cccc1Cl. The zero-order chi connectivity index (χ0) is 13.4. The average molecular weight is 275 g/mol. The van der Waals surface area contributed by atoms with E-state index in [2.05, 4.69) is 0 Å². The third-order valence-corrected chi connectivity index (χ3v) is 3.87. The first-order valence-corrected chi connectivity index (χ1v) is 6.65. The Kier molecular flexibility index (Phi) is 3.11. The average Bonchev–Trinajstić information content (AvgIpc) is 2.85. The Bertz CT molecular complexity index is 644. The molecule has 0 radical (unpaired) electrons. The topological polar surface area (TPSA) is 17.1 Å². The lowest BCUT2D eigenvalue weighted by atomic mass is 9.99. The summed E-state index contributed by atoms with van der Waals surface area (Å²) in [6.45, 7) is 0. The molecule has 0 aromatic heterocycles. The number of hydrogen-bond donors (Lipinski definition) is 0. The van der Waals surface area contributed by atoms with Crippen LogP contribution >= 0.6 is 11.6 Å². The molecule has 0 saturated carbocycles. The van der Waals surface area contributed by atoms with Gasteiger partial charge in [-0.15, -0.1) is 0 Å². The maximum Gasteiger partial charge on any atom is 0.197 e. The molecule has 0 saturated heterocycles. The summed E-state index contributed by atoms with van der Waals surface area (Å²) in [5, 5.41) is 0.158. The van der Waals surface area contributed by atoms with Gasteiger partial charge >= 0.3 is 0 Å². The normalized spacial score (nSPS) is 13.4. The summed E-state index contributed by atoms with van der Waals surface area (Å²) in [6.07, 6.45) is 3.17. The first-order chi connectivity index (χ1) is 9.16. The molecule has 96 valence electrons. The summed E-state index contributed by atoms with van der Waals surface area (Å²) >= 11 is 5.93. The van der Waals surface area contributed by atoms with Crippen LogP contribution in [0.15, 0.2) is 36.4 Å². The van der Waals surface area contributed by atoms with Gasteiger partial charge in [-0.1, -0.05) is 29.8 Å². The molecule has 2 aromatic rings. The molecule has 0 N–H and O–H groups in total. The van der Waals surface area contributed by atoms with Crippen LogP contribution in [0, 0.1) is 5.82 Å². The van der Waals surface area contributed by atoms with Crippen molar-refractivity contribution in [3.8, 4) is 0 Å². The van der Waals surface area contributed by atoms with E-state index in [0.29, 0.717) is 5.56 Å². The van der Waals surface area contributed by atoms with Crippen molar-refractivity contribution in [1.82, 2.24) is 0 Å². The molecule has 0 unspecified atom stereocenters. The number of fused-ring (bicyclic) bond motifs is 1. The Labute approximate surface area is 116 Å². The second-order valence-electron chi connectivity index (χ2n) is 4.76. The highest BCUT2D eigenvalue weighted by Crippen LogP contribution is 2.26. The van der Waals surface area contributed by atoms with Crippen molar-refractivity contribution in [2.75, 3.05) is 0 Å². The van der Waals surface area contributed by atoms with Gasteiger partial charge in [-0.2, -0.15) is 0 Å². The lowest BCUT2D eigenvalue weighted by molar-refractivity contribution is 0.103. The molecule has 0 heterocycles. The van der Waals surface area contributed by atoms with E-state index in [-0.39, 0.29) is 16.4 Å². The summed E-state index contributed by atoms with van der Waals surface area (Å²) in [6, 6.07) is 9.88. The number of ketones is 1. The van der Waals surface area contributed by atoms with E-state index in [0.717, 1.165) is 19.3 Å². The molecular formula is C16H12ClFO. The predicted molar refractivity (Wildman–Crippen MR) is 73.3 cm³/mol. The molecule has 0 atom stereocenters. The van der Waals surface area contributed by atoms with Gasteiger partial charge < -0.3 is 0 Å². The van der Waals surface area contributed by atoms with E-state index in [1.807, 2.05) is 12.1 Å². The lowest BCUT2D eigenvalue weighted by Crippen LogP contribution is -2.06. The second-order valence-corrected chi connectivity index (χ2v) is 5.17. The number of carbonyl (C=O) groups excluding carboxylic acids is 1. The summed E-state index contributed by atoms with van der Waals surface area (Å²) in [4.78, 5) is 12.4. The third-order valence-electron chi connectivity index (χ3n) is 3.55. The van der Waals surface area contributed by atoms with Crippen LogP contribution in [-0.4, -0.2) is 5.78 Å². The van der Waals surface area contributed by atoms with Gasteiger partial charge in [0.1, 0.15) is 5.82 Å². The van der Waals surface area contributed by atoms with Crippen molar-refractivity contribution < 1.29 is 9.18 Å². The molecule has 3 heteroatoms. The molecule has 1 nitrogen and oxygen atoms in total. The van der Waals surface area contributed by atoms with Crippen LogP contribution in [0.3, 0.4) is 0 Å². The zero-order valence-corrected chi connectivity index (χ0v) is 11.0. The summed E-state index contributed by atoms with van der Waals surface area (Å²) < 4.78 is 13.8. The second kappa shape index (κ2) is 4.78. The fraction of sp³-hybridized carbons (Fsp3) is 0.188. The minimum atomic E-state index is -0.571. The highest BCUT2D eigenvalue weighted by Gasteiger charge is 2.19. The Morgan fingerprint density at radius 1 is 1.11 bits per heavy atom.